The zero-order valence-electron chi connectivity index (χ0n) is 18.1. The first kappa shape index (κ1) is 23.2. The molecular formula is C25H26F2N2O3. The Kier molecular flexibility index (Phi) is 8.16. The minimum absolute atomic E-state index is 0.0262. The average Bonchev–Trinajstić information content (AvgIpc) is 2.76. The van der Waals surface area contributed by atoms with E-state index in [4.69, 9.17) is 4.74 Å². The number of rotatable bonds is 10. The van der Waals surface area contributed by atoms with Crippen LogP contribution in [0.5, 0.6) is 11.5 Å². The maximum atomic E-state index is 12.6. The standard InChI is InChI=1S/C25H26F2N2O3/c1-29(16-19-12-13-22(32-25(26)27)23(15-19)31-2)17-24(30)28-21-11-7-6-10-20(21)14-18-8-4-3-5-9-18/h3-13,15,25H,14,16-17H2,1-2H3,(H,28,30). The summed E-state index contributed by atoms with van der Waals surface area (Å²) in [6.07, 6.45) is 0.722. The van der Waals surface area contributed by atoms with Crippen LogP contribution in [0.1, 0.15) is 16.7 Å². The van der Waals surface area contributed by atoms with E-state index in [0.717, 1.165) is 23.2 Å². The topological polar surface area (TPSA) is 50.8 Å². The van der Waals surface area contributed by atoms with Crippen molar-refractivity contribution in [3.05, 3.63) is 89.5 Å². The molecule has 1 amide bonds. The first-order valence-electron chi connectivity index (χ1n) is 10.2. The third kappa shape index (κ3) is 6.78. The molecule has 0 heterocycles. The van der Waals surface area contributed by atoms with Crippen molar-refractivity contribution >= 4 is 11.6 Å². The highest BCUT2D eigenvalue weighted by molar-refractivity contribution is 5.93. The second-order valence-corrected chi connectivity index (χ2v) is 7.40. The fourth-order valence-electron chi connectivity index (χ4n) is 3.42. The molecule has 168 valence electrons. The summed E-state index contributed by atoms with van der Waals surface area (Å²) in [6, 6.07) is 22.5. The summed E-state index contributed by atoms with van der Waals surface area (Å²) in [5, 5.41) is 2.99. The van der Waals surface area contributed by atoms with Crippen LogP contribution in [-0.4, -0.2) is 38.1 Å². The molecule has 32 heavy (non-hydrogen) atoms. The van der Waals surface area contributed by atoms with Crippen LogP contribution in [-0.2, 0) is 17.8 Å². The van der Waals surface area contributed by atoms with Gasteiger partial charge in [0.25, 0.3) is 0 Å². The SMILES string of the molecule is COc1cc(CN(C)CC(=O)Nc2ccccc2Cc2ccccc2)ccc1OC(F)F. The van der Waals surface area contributed by atoms with Crippen LogP contribution in [0.25, 0.3) is 0 Å². The van der Waals surface area contributed by atoms with Crippen LogP contribution in [0.15, 0.2) is 72.8 Å². The van der Waals surface area contributed by atoms with Crippen molar-refractivity contribution in [1.82, 2.24) is 4.90 Å². The Morgan fingerprint density at radius 1 is 0.969 bits per heavy atom. The molecule has 0 radical (unpaired) electrons. The molecule has 0 aliphatic rings. The van der Waals surface area contributed by atoms with Crippen LogP contribution < -0.4 is 14.8 Å². The predicted molar refractivity (Wildman–Crippen MR) is 120 cm³/mol. The lowest BCUT2D eigenvalue weighted by atomic mass is 10.0. The van der Waals surface area contributed by atoms with Gasteiger partial charge in [0.1, 0.15) is 0 Å². The maximum Gasteiger partial charge on any atom is 0.387 e. The number of anilines is 1. The molecular weight excluding hydrogens is 414 g/mol. The molecule has 0 unspecified atom stereocenters. The summed E-state index contributed by atoms with van der Waals surface area (Å²) in [5.74, 6) is 0.0507. The van der Waals surface area contributed by atoms with Gasteiger partial charge in [0, 0.05) is 12.2 Å². The monoisotopic (exact) mass is 440 g/mol. The van der Waals surface area contributed by atoms with E-state index in [1.54, 1.807) is 12.1 Å². The Bertz CT molecular complexity index is 1030. The van der Waals surface area contributed by atoms with E-state index in [-0.39, 0.29) is 24.0 Å². The lowest BCUT2D eigenvalue weighted by Crippen LogP contribution is -2.30. The summed E-state index contributed by atoms with van der Waals surface area (Å²) in [4.78, 5) is 14.5. The van der Waals surface area contributed by atoms with Crippen molar-refractivity contribution in [2.45, 2.75) is 19.6 Å². The number of benzene rings is 3. The number of carbonyl (C=O) groups is 1. The third-order valence-corrected chi connectivity index (χ3v) is 4.84. The zero-order chi connectivity index (χ0) is 22.9. The van der Waals surface area contributed by atoms with E-state index in [1.807, 2.05) is 54.4 Å². The van der Waals surface area contributed by atoms with Gasteiger partial charge in [-0.15, -0.1) is 0 Å². The molecule has 0 fully saturated rings. The van der Waals surface area contributed by atoms with Crippen molar-refractivity contribution in [3.8, 4) is 11.5 Å². The molecule has 7 heteroatoms. The number of carbonyl (C=O) groups excluding carboxylic acids is 1. The summed E-state index contributed by atoms with van der Waals surface area (Å²) in [7, 11) is 3.20. The minimum Gasteiger partial charge on any atom is -0.493 e. The molecule has 0 spiro atoms. The van der Waals surface area contributed by atoms with Crippen LogP contribution in [0.3, 0.4) is 0 Å². The largest absolute Gasteiger partial charge is 0.493 e. The fraction of sp³-hybridized carbons (Fsp3) is 0.240. The maximum absolute atomic E-state index is 12.6. The van der Waals surface area contributed by atoms with E-state index in [1.165, 1.54) is 18.7 Å². The Hall–Kier alpha value is -3.45. The summed E-state index contributed by atoms with van der Waals surface area (Å²) in [6.45, 7) is -2.33. The quantitative estimate of drug-likeness (QED) is 0.484. The average molecular weight is 440 g/mol. The molecule has 5 nitrogen and oxygen atoms in total. The molecule has 0 aliphatic carbocycles. The number of alkyl halides is 2. The van der Waals surface area contributed by atoms with E-state index < -0.39 is 6.61 Å². The Labute approximate surface area is 186 Å². The second-order valence-electron chi connectivity index (χ2n) is 7.40. The lowest BCUT2D eigenvalue weighted by Gasteiger charge is -2.18. The Balaban J connectivity index is 1.60. The van der Waals surface area contributed by atoms with Gasteiger partial charge in [-0.2, -0.15) is 8.78 Å². The molecule has 0 aliphatic heterocycles. The highest BCUT2D eigenvalue weighted by Crippen LogP contribution is 2.29. The highest BCUT2D eigenvalue weighted by atomic mass is 19.3. The van der Waals surface area contributed by atoms with Gasteiger partial charge >= 0.3 is 6.61 Å². The Morgan fingerprint density at radius 3 is 2.41 bits per heavy atom. The number of para-hydroxylation sites is 1. The van der Waals surface area contributed by atoms with Gasteiger partial charge in [-0.1, -0.05) is 54.6 Å². The predicted octanol–water partition coefficient (Wildman–Crippen LogP) is 4.96. The van der Waals surface area contributed by atoms with Gasteiger partial charge in [0.05, 0.1) is 13.7 Å². The smallest absolute Gasteiger partial charge is 0.387 e. The number of methoxy groups -OCH3 is 1. The molecule has 0 bridgehead atoms. The van der Waals surface area contributed by atoms with Crippen LogP contribution >= 0.6 is 0 Å². The number of ether oxygens (including phenoxy) is 2. The molecule has 1 N–H and O–H groups in total. The number of hydrogen-bond acceptors (Lipinski definition) is 4. The minimum atomic E-state index is -2.93. The van der Waals surface area contributed by atoms with Gasteiger partial charge in [0.15, 0.2) is 11.5 Å². The van der Waals surface area contributed by atoms with Crippen molar-refractivity contribution in [1.29, 1.82) is 0 Å². The lowest BCUT2D eigenvalue weighted by molar-refractivity contribution is -0.117. The van der Waals surface area contributed by atoms with Crippen LogP contribution in [0, 0.1) is 0 Å². The summed E-state index contributed by atoms with van der Waals surface area (Å²) in [5.41, 5.74) is 3.79. The summed E-state index contributed by atoms with van der Waals surface area (Å²) >= 11 is 0. The summed E-state index contributed by atoms with van der Waals surface area (Å²) < 4.78 is 34.6. The van der Waals surface area contributed by atoms with Crippen LogP contribution in [0.4, 0.5) is 14.5 Å². The van der Waals surface area contributed by atoms with Gasteiger partial charge in [0.2, 0.25) is 5.91 Å². The van der Waals surface area contributed by atoms with Gasteiger partial charge < -0.3 is 14.8 Å². The van der Waals surface area contributed by atoms with Crippen molar-refractivity contribution in [3.63, 3.8) is 0 Å². The molecule has 3 rings (SSSR count). The van der Waals surface area contributed by atoms with E-state index in [2.05, 4.69) is 22.2 Å². The second kappa shape index (κ2) is 11.2. The molecule has 3 aromatic rings. The number of nitrogens with one attached hydrogen (secondary N) is 1. The van der Waals surface area contributed by atoms with Gasteiger partial charge in [-0.25, -0.2) is 0 Å². The number of likely N-dealkylation sites (N-methyl/N-ethyl adjacent to an activating group) is 1. The third-order valence-electron chi connectivity index (χ3n) is 4.84. The molecule has 3 aromatic carbocycles. The van der Waals surface area contributed by atoms with Crippen molar-refractivity contribution in [2.75, 3.05) is 26.0 Å². The normalized spacial score (nSPS) is 10.9. The fourth-order valence-corrected chi connectivity index (χ4v) is 3.42. The van der Waals surface area contributed by atoms with Crippen molar-refractivity contribution in [2.24, 2.45) is 0 Å². The first-order chi connectivity index (χ1) is 15.4. The molecule has 0 saturated carbocycles. The highest BCUT2D eigenvalue weighted by Gasteiger charge is 2.14. The van der Waals surface area contributed by atoms with E-state index >= 15 is 0 Å². The Morgan fingerprint density at radius 2 is 1.69 bits per heavy atom. The van der Waals surface area contributed by atoms with E-state index in [9.17, 15) is 13.6 Å². The zero-order valence-corrected chi connectivity index (χ0v) is 18.1. The number of hydrogen-bond donors (Lipinski definition) is 1. The van der Waals surface area contributed by atoms with Gasteiger partial charge in [-0.3, -0.25) is 9.69 Å². The first-order valence-corrected chi connectivity index (χ1v) is 10.2. The molecule has 0 saturated heterocycles. The van der Waals surface area contributed by atoms with Crippen molar-refractivity contribution < 1.29 is 23.0 Å². The number of halogens is 2. The van der Waals surface area contributed by atoms with E-state index in [0.29, 0.717) is 6.54 Å². The van der Waals surface area contributed by atoms with Crippen LogP contribution in [0.2, 0.25) is 0 Å². The number of nitrogens with zero attached hydrogens (tertiary/aromatic N) is 1. The molecule has 0 aromatic heterocycles. The molecule has 0 atom stereocenters. The number of amides is 1. The van der Waals surface area contributed by atoms with Gasteiger partial charge in [-0.05, 0) is 48.4 Å².